The van der Waals surface area contributed by atoms with Crippen LogP contribution in [0.5, 0.6) is 0 Å². The summed E-state index contributed by atoms with van der Waals surface area (Å²) < 4.78 is 0. The van der Waals surface area contributed by atoms with Gasteiger partial charge < -0.3 is 10.4 Å². The SMILES string of the molecule is C#Cc1cc(C(=O)O)c(NC(=O)c2ccc(C(C)(C)C)cc2)cc1Cl. The minimum Gasteiger partial charge on any atom is -0.478 e. The molecule has 0 aromatic heterocycles. The van der Waals surface area contributed by atoms with Crippen LogP contribution in [0.15, 0.2) is 36.4 Å². The van der Waals surface area contributed by atoms with Crippen molar-refractivity contribution in [1.82, 2.24) is 0 Å². The zero-order valence-corrected chi connectivity index (χ0v) is 14.9. The molecule has 25 heavy (non-hydrogen) atoms. The standard InChI is InChI=1S/C20H18ClNO3/c1-5-12-10-15(19(24)25)17(11-16(12)21)22-18(23)13-6-8-14(9-7-13)20(2,3)4/h1,6-11H,2-4H3,(H,22,23)(H,24,25). The highest BCUT2D eigenvalue weighted by Gasteiger charge is 2.18. The number of carboxylic acids is 1. The van der Waals surface area contributed by atoms with E-state index < -0.39 is 11.9 Å². The summed E-state index contributed by atoms with van der Waals surface area (Å²) >= 11 is 6.02. The number of anilines is 1. The number of amides is 1. The molecule has 1 amide bonds. The van der Waals surface area contributed by atoms with Crippen molar-refractivity contribution in [2.75, 3.05) is 5.32 Å². The van der Waals surface area contributed by atoms with Gasteiger partial charge in [-0.3, -0.25) is 4.79 Å². The van der Waals surface area contributed by atoms with E-state index in [0.29, 0.717) is 5.56 Å². The minimum atomic E-state index is -1.20. The van der Waals surface area contributed by atoms with Crippen LogP contribution in [0.25, 0.3) is 0 Å². The number of benzene rings is 2. The van der Waals surface area contributed by atoms with Gasteiger partial charge >= 0.3 is 5.97 Å². The second-order valence-corrected chi connectivity index (χ2v) is 7.02. The summed E-state index contributed by atoms with van der Waals surface area (Å²) in [5, 5.41) is 12.1. The van der Waals surface area contributed by atoms with E-state index in [-0.39, 0.29) is 27.3 Å². The van der Waals surface area contributed by atoms with Crippen molar-refractivity contribution >= 4 is 29.2 Å². The molecule has 128 valence electrons. The lowest BCUT2D eigenvalue weighted by molar-refractivity contribution is 0.0698. The molecule has 0 aliphatic carbocycles. The number of carbonyl (C=O) groups is 2. The summed E-state index contributed by atoms with van der Waals surface area (Å²) in [7, 11) is 0. The summed E-state index contributed by atoms with van der Waals surface area (Å²) in [5.41, 5.74) is 1.73. The number of hydrogen-bond acceptors (Lipinski definition) is 2. The van der Waals surface area contributed by atoms with Gasteiger partial charge in [0.15, 0.2) is 0 Å². The Morgan fingerprint density at radius 2 is 1.76 bits per heavy atom. The highest BCUT2D eigenvalue weighted by molar-refractivity contribution is 6.32. The van der Waals surface area contributed by atoms with Gasteiger partial charge in [-0.2, -0.15) is 0 Å². The third-order valence-corrected chi connectivity index (χ3v) is 4.07. The zero-order chi connectivity index (χ0) is 18.8. The van der Waals surface area contributed by atoms with E-state index in [0.717, 1.165) is 5.56 Å². The van der Waals surface area contributed by atoms with Crippen LogP contribution in [0.3, 0.4) is 0 Å². The normalized spacial score (nSPS) is 10.8. The van der Waals surface area contributed by atoms with Crippen molar-refractivity contribution in [3.63, 3.8) is 0 Å². The molecule has 5 heteroatoms. The van der Waals surface area contributed by atoms with E-state index in [2.05, 4.69) is 32.0 Å². The summed E-state index contributed by atoms with van der Waals surface area (Å²) in [5.74, 6) is 0.689. The molecule has 0 aliphatic rings. The van der Waals surface area contributed by atoms with Crippen LogP contribution in [0.4, 0.5) is 5.69 Å². The minimum absolute atomic E-state index is 0.0237. The Bertz CT molecular complexity index is 872. The molecule has 2 rings (SSSR count). The van der Waals surface area contributed by atoms with Crippen LogP contribution in [0.2, 0.25) is 5.02 Å². The second-order valence-electron chi connectivity index (χ2n) is 6.61. The van der Waals surface area contributed by atoms with Crippen molar-refractivity contribution in [2.45, 2.75) is 26.2 Å². The van der Waals surface area contributed by atoms with Gasteiger partial charge in [0.25, 0.3) is 5.91 Å². The monoisotopic (exact) mass is 355 g/mol. The Morgan fingerprint density at radius 1 is 1.16 bits per heavy atom. The van der Waals surface area contributed by atoms with Crippen molar-refractivity contribution in [2.24, 2.45) is 0 Å². The predicted octanol–water partition coefficient (Wildman–Crippen LogP) is 4.57. The molecule has 0 spiro atoms. The molecule has 0 saturated heterocycles. The third-order valence-electron chi connectivity index (χ3n) is 3.75. The summed E-state index contributed by atoms with van der Waals surface area (Å²) in [4.78, 5) is 23.8. The van der Waals surface area contributed by atoms with Gasteiger partial charge in [0.2, 0.25) is 0 Å². The van der Waals surface area contributed by atoms with Gasteiger partial charge in [-0.15, -0.1) is 6.42 Å². The molecule has 2 aromatic carbocycles. The number of hydrogen-bond donors (Lipinski definition) is 2. The van der Waals surface area contributed by atoms with Crippen molar-refractivity contribution in [3.05, 3.63) is 63.7 Å². The van der Waals surface area contributed by atoms with Gasteiger partial charge in [-0.25, -0.2) is 4.79 Å². The molecule has 0 atom stereocenters. The number of rotatable bonds is 3. The van der Waals surface area contributed by atoms with E-state index in [1.165, 1.54) is 12.1 Å². The molecular weight excluding hydrogens is 338 g/mol. The van der Waals surface area contributed by atoms with Crippen molar-refractivity contribution in [3.8, 4) is 12.3 Å². The Morgan fingerprint density at radius 3 is 2.24 bits per heavy atom. The van der Waals surface area contributed by atoms with E-state index in [1.807, 2.05) is 12.1 Å². The van der Waals surface area contributed by atoms with Gasteiger partial charge in [0.05, 0.1) is 16.3 Å². The van der Waals surface area contributed by atoms with E-state index in [1.54, 1.807) is 12.1 Å². The van der Waals surface area contributed by atoms with Crippen LogP contribution >= 0.6 is 11.6 Å². The van der Waals surface area contributed by atoms with Gasteiger partial charge in [0, 0.05) is 11.1 Å². The first-order valence-electron chi connectivity index (χ1n) is 7.59. The first kappa shape index (κ1) is 18.6. The first-order chi connectivity index (χ1) is 11.6. The fourth-order valence-corrected chi connectivity index (χ4v) is 2.50. The number of carboxylic acid groups (broad SMARTS) is 1. The maximum atomic E-state index is 12.4. The van der Waals surface area contributed by atoms with Crippen LogP contribution in [0.1, 0.15) is 52.6 Å². The Balaban J connectivity index is 2.33. The van der Waals surface area contributed by atoms with Gasteiger partial charge in [-0.05, 0) is 35.2 Å². The van der Waals surface area contributed by atoms with Crippen molar-refractivity contribution < 1.29 is 14.7 Å². The smallest absolute Gasteiger partial charge is 0.337 e. The van der Waals surface area contributed by atoms with Crippen molar-refractivity contribution in [1.29, 1.82) is 0 Å². The molecule has 0 aliphatic heterocycles. The number of halogens is 1. The zero-order valence-electron chi connectivity index (χ0n) is 14.2. The highest BCUT2D eigenvalue weighted by Crippen LogP contribution is 2.26. The molecule has 4 nitrogen and oxygen atoms in total. The molecule has 0 unspecified atom stereocenters. The quantitative estimate of drug-likeness (QED) is 0.792. The molecule has 0 saturated carbocycles. The molecule has 2 aromatic rings. The molecular formula is C20H18ClNO3. The van der Waals surface area contributed by atoms with Crippen LogP contribution in [0, 0.1) is 12.3 Å². The fourth-order valence-electron chi connectivity index (χ4n) is 2.28. The molecule has 0 heterocycles. The summed E-state index contributed by atoms with van der Waals surface area (Å²) in [6.07, 6.45) is 5.30. The first-order valence-corrected chi connectivity index (χ1v) is 7.96. The van der Waals surface area contributed by atoms with Crippen LogP contribution in [-0.4, -0.2) is 17.0 Å². The summed E-state index contributed by atoms with van der Waals surface area (Å²) in [6.45, 7) is 6.24. The highest BCUT2D eigenvalue weighted by atomic mass is 35.5. The van der Waals surface area contributed by atoms with Crippen LogP contribution < -0.4 is 5.32 Å². The van der Waals surface area contributed by atoms with E-state index in [4.69, 9.17) is 18.0 Å². The average Bonchev–Trinajstić information content (AvgIpc) is 2.54. The molecule has 0 radical (unpaired) electrons. The lowest BCUT2D eigenvalue weighted by Crippen LogP contribution is -2.16. The maximum Gasteiger partial charge on any atom is 0.337 e. The third kappa shape index (κ3) is 4.20. The Labute approximate surface area is 151 Å². The second kappa shape index (κ2) is 7.00. The lowest BCUT2D eigenvalue weighted by atomic mass is 9.86. The molecule has 2 N–H and O–H groups in total. The number of terminal acetylenes is 1. The van der Waals surface area contributed by atoms with E-state index in [9.17, 15) is 14.7 Å². The largest absolute Gasteiger partial charge is 0.478 e. The van der Waals surface area contributed by atoms with Gasteiger partial charge in [0.1, 0.15) is 0 Å². The Hall–Kier alpha value is -2.77. The van der Waals surface area contributed by atoms with Crippen LogP contribution in [-0.2, 0) is 5.41 Å². The lowest BCUT2D eigenvalue weighted by Gasteiger charge is -2.19. The fraction of sp³-hybridized carbons (Fsp3) is 0.200. The summed E-state index contributed by atoms with van der Waals surface area (Å²) in [6, 6.07) is 9.77. The van der Waals surface area contributed by atoms with Gasteiger partial charge in [-0.1, -0.05) is 50.4 Å². The Kier molecular flexibility index (Phi) is 5.20. The molecule has 0 bridgehead atoms. The topological polar surface area (TPSA) is 66.4 Å². The average molecular weight is 356 g/mol. The number of nitrogens with one attached hydrogen (secondary N) is 1. The maximum absolute atomic E-state index is 12.4. The predicted molar refractivity (Wildman–Crippen MR) is 99.4 cm³/mol. The van der Waals surface area contributed by atoms with E-state index >= 15 is 0 Å². The molecule has 0 fully saturated rings. The number of aromatic carboxylic acids is 1. The number of carbonyl (C=O) groups excluding carboxylic acids is 1.